The van der Waals surface area contributed by atoms with Crippen molar-refractivity contribution in [3.63, 3.8) is 0 Å². The molecule has 1 unspecified atom stereocenters. The Morgan fingerprint density at radius 1 is 0.557 bits per heavy atom. The predicted octanol–water partition coefficient (Wildman–Crippen LogP) is 18.0. The fourth-order valence-electron chi connectivity index (χ4n) is 13.1. The molecule has 8 aromatic carbocycles. The molecule has 1 atom stereocenters. The van der Waals surface area contributed by atoms with Crippen LogP contribution in [0.1, 0.15) is 104 Å². The molecule has 0 fully saturated rings. The monoisotopic (exact) mass is 906 g/mol. The zero-order valence-electron chi connectivity index (χ0n) is 41.3. The van der Waals surface area contributed by atoms with Crippen LogP contribution >= 0.6 is 0 Å². The summed E-state index contributed by atoms with van der Waals surface area (Å²) < 4.78 is 0. The maximum atomic E-state index is 4.07. The Bertz CT molecular complexity index is 3570. The molecule has 2 nitrogen and oxygen atoms in total. The average Bonchev–Trinajstić information content (AvgIpc) is 4.12. The van der Waals surface area contributed by atoms with Crippen LogP contribution in [-0.2, 0) is 23.7 Å². The Labute approximate surface area is 413 Å². The topological polar surface area (TPSA) is 31.6 Å². The number of hydrogen-bond donors (Lipinski definition) is 2. The van der Waals surface area contributed by atoms with Crippen molar-refractivity contribution in [1.29, 1.82) is 0 Å². The molecule has 2 N–H and O–H groups in total. The molecule has 70 heavy (non-hydrogen) atoms. The Kier molecular flexibility index (Phi) is 10.6. The van der Waals surface area contributed by atoms with Gasteiger partial charge in [-0.15, -0.1) is 0 Å². The first kappa shape index (κ1) is 43.8. The Balaban J connectivity index is 0.937. The van der Waals surface area contributed by atoms with E-state index in [4.69, 9.17) is 0 Å². The van der Waals surface area contributed by atoms with Crippen molar-refractivity contribution in [3.05, 3.63) is 245 Å². The van der Waals surface area contributed by atoms with Gasteiger partial charge < -0.3 is 9.97 Å². The first-order valence-electron chi connectivity index (χ1n) is 25.7. The molecule has 0 aliphatic heterocycles. The van der Waals surface area contributed by atoms with E-state index in [2.05, 4.69) is 239 Å². The van der Waals surface area contributed by atoms with Crippen LogP contribution in [0, 0.1) is 11.3 Å². The highest BCUT2D eigenvalue weighted by atomic mass is 14.7. The van der Waals surface area contributed by atoms with Crippen LogP contribution < -0.4 is 0 Å². The maximum absolute atomic E-state index is 4.07. The summed E-state index contributed by atoms with van der Waals surface area (Å²) in [6.45, 7) is 16.0. The molecule has 0 saturated carbocycles. The summed E-state index contributed by atoms with van der Waals surface area (Å²) in [6, 6.07) is 67.3. The van der Waals surface area contributed by atoms with Crippen molar-refractivity contribution in [2.75, 3.05) is 0 Å². The summed E-state index contributed by atoms with van der Waals surface area (Å²) in [7, 11) is 0. The molecule has 10 aromatic rings. The van der Waals surface area contributed by atoms with Crippen molar-refractivity contribution in [1.82, 2.24) is 9.97 Å². The molecule has 2 heterocycles. The second-order valence-electron chi connectivity index (χ2n) is 21.0. The Hall–Kier alpha value is -7.42. The minimum absolute atomic E-state index is 0.0305. The number of benzene rings is 8. The highest BCUT2D eigenvalue weighted by Crippen LogP contribution is 2.62. The van der Waals surface area contributed by atoms with Gasteiger partial charge in [0.25, 0.3) is 0 Å². The van der Waals surface area contributed by atoms with Crippen molar-refractivity contribution in [2.24, 2.45) is 11.3 Å². The van der Waals surface area contributed by atoms with E-state index in [1.807, 2.05) is 6.08 Å². The fraction of sp³-hybridized carbons (Fsp3) is 0.206. The van der Waals surface area contributed by atoms with E-state index in [0.717, 1.165) is 25.7 Å². The van der Waals surface area contributed by atoms with E-state index in [1.54, 1.807) is 0 Å². The molecular weight excluding hydrogens is 845 g/mol. The summed E-state index contributed by atoms with van der Waals surface area (Å²) >= 11 is 0. The van der Waals surface area contributed by atoms with Gasteiger partial charge in [0.1, 0.15) is 0 Å². The van der Waals surface area contributed by atoms with Crippen LogP contribution in [0.2, 0.25) is 0 Å². The number of fused-ring (bicyclic) bond motifs is 10. The Morgan fingerprint density at radius 2 is 1.07 bits per heavy atom. The summed E-state index contributed by atoms with van der Waals surface area (Å²) in [6.07, 6.45) is 11.3. The van der Waals surface area contributed by atoms with Crippen LogP contribution in [0.4, 0.5) is 0 Å². The van der Waals surface area contributed by atoms with Gasteiger partial charge in [-0.3, -0.25) is 0 Å². The molecule has 0 radical (unpaired) electrons. The van der Waals surface area contributed by atoms with Crippen molar-refractivity contribution < 1.29 is 0 Å². The van der Waals surface area contributed by atoms with Gasteiger partial charge in [-0.05, 0) is 134 Å². The third kappa shape index (κ3) is 6.52. The van der Waals surface area contributed by atoms with Crippen molar-refractivity contribution in [2.45, 2.75) is 77.6 Å². The molecule has 12 rings (SSSR count). The largest absolute Gasteiger partial charge is 0.358 e. The fourth-order valence-corrected chi connectivity index (χ4v) is 13.1. The summed E-state index contributed by atoms with van der Waals surface area (Å²) in [5.41, 5.74) is 22.8. The zero-order chi connectivity index (χ0) is 47.8. The molecule has 0 bridgehead atoms. The van der Waals surface area contributed by atoms with E-state index >= 15 is 0 Å². The van der Waals surface area contributed by atoms with Crippen molar-refractivity contribution >= 4 is 38.8 Å². The lowest BCUT2D eigenvalue weighted by Gasteiger charge is -2.46. The zero-order valence-corrected chi connectivity index (χ0v) is 41.3. The normalized spacial score (nSPS) is 14.8. The highest BCUT2D eigenvalue weighted by Gasteiger charge is 2.53. The van der Waals surface area contributed by atoms with E-state index in [-0.39, 0.29) is 16.2 Å². The van der Waals surface area contributed by atoms with Crippen LogP contribution in [0.25, 0.3) is 72.2 Å². The quantitative estimate of drug-likeness (QED) is 0.108. The number of allylic oxidation sites excluding steroid dienone is 2. The maximum Gasteiger partial charge on any atom is 0.0514 e. The number of aromatic nitrogens is 2. The molecule has 2 aliphatic rings. The van der Waals surface area contributed by atoms with Crippen LogP contribution in [0.15, 0.2) is 195 Å². The number of aryl methyl sites for hydroxylation is 1. The smallest absolute Gasteiger partial charge is 0.0514 e. The van der Waals surface area contributed by atoms with Gasteiger partial charge >= 0.3 is 0 Å². The minimum Gasteiger partial charge on any atom is -0.358 e. The summed E-state index contributed by atoms with van der Waals surface area (Å²) in [4.78, 5) is 7.77. The summed E-state index contributed by atoms with van der Waals surface area (Å²) in [5, 5.41) is 3.79. The van der Waals surface area contributed by atoms with Gasteiger partial charge in [-0.2, -0.15) is 0 Å². The molecule has 2 aromatic heterocycles. The molecule has 2 heteroatoms. The number of rotatable bonds is 13. The molecule has 0 saturated heterocycles. The standard InChI is InChI=1S/C68H62N2/c1-7-10-19-54-56-42-65-57(55-41-45(40-44(4)8-2)28-37-62(55)69-65)43-64(56)70-63(54)38-39-67(58-24-15-11-20-50(58)51-21-12-16-25-59(51)67)48-33-29-46(30-34-48)47-31-35-49(36-32-47)68(66(5,6)9-3)60-26-17-13-22-52(60)53-23-14-18-27-61(53)68/h7,10-37,41-44,69-70H,1,8-9,38-40H2,2-6H3/b19-10-. The van der Waals surface area contributed by atoms with Crippen LogP contribution in [0.5, 0.6) is 0 Å². The SMILES string of the molecule is C=C/C=C\c1c(CCC2(c3ccc(-c4ccc(C5(C(C)(C)CC)c6ccccc6-c6ccccc65)cc4)cc3)c3ccccc3-c3ccccc32)[nH]c2cc3c(cc12)[nH]c1ccc(CC(C)CC)cc13. The number of H-pyrrole nitrogens is 2. The molecule has 0 spiro atoms. The molecule has 0 amide bonds. The lowest BCUT2D eigenvalue weighted by Crippen LogP contribution is -2.42. The van der Waals surface area contributed by atoms with Crippen LogP contribution in [-0.4, -0.2) is 9.97 Å². The Morgan fingerprint density at radius 3 is 1.64 bits per heavy atom. The van der Waals surface area contributed by atoms with Gasteiger partial charge in [0, 0.05) is 49.4 Å². The third-order valence-electron chi connectivity index (χ3n) is 17.1. The van der Waals surface area contributed by atoms with Gasteiger partial charge in [-0.25, -0.2) is 0 Å². The van der Waals surface area contributed by atoms with E-state index in [1.165, 1.54) is 123 Å². The number of aromatic amines is 2. The van der Waals surface area contributed by atoms with E-state index < -0.39 is 0 Å². The predicted molar refractivity (Wildman–Crippen MR) is 298 cm³/mol. The second-order valence-corrected chi connectivity index (χ2v) is 21.0. The third-order valence-corrected chi connectivity index (χ3v) is 17.1. The lowest BCUT2D eigenvalue weighted by molar-refractivity contribution is 0.235. The highest BCUT2D eigenvalue weighted by molar-refractivity contribution is 6.13. The van der Waals surface area contributed by atoms with Gasteiger partial charge in [0.2, 0.25) is 0 Å². The first-order valence-corrected chi connectivity index (χ1v) is 25.7. The average molecular weight is 907 g/mol. The van der Waals surface area contributed by atoms with Gasteiger partial charge in [0.05, 0.1) is 5.41 Å². The van der Waals surface area contributed by atoms with E-state index in [0.29, 0.717) is 5.92 Å². The van der Waals surface area contributed by atoms with E-state index in [9.17, 15) is 0 Å². The van der Waals surface area contributed by atoms with Gasteiger partial charge in [0.15, 0.2) is 0 Å². The summed E-state index contributed by atoms with van der Waals surface area (Å²) in [5.74, 6) is 0.656. The number of hydrogen-bond acceptors (Lipinski definition) is 0. The molecule has 2 aliphatic carbocycles. The number of nitrogens with one attached hydrogen (secondary N) is 2. The van der Waals surface area contributed by atoms with Crippen molar-refractivity contribution in [3.8, 4) is 33.4 Å². The van der Waals surface area contributed by atoms with Crippen LogP contribution in [0.3, 0.4) is 0 Å². The molecule has 344 valence electrons. The van der Waals surface area contributed by atoms with Gasteiger partial charge in [-0.1, -0.05) is 218 Å². The lowest BCUT2D eigenvalue weighted by atomic mass is 9.56. The molecular formula is C68H62N2. The second kappa shape index (κ2) is 16.9. The minimum atomic E-state index is -0.359. The first-order chi connectivity index (χ1) is 34.2.